The molecule has 1 unspecified atom stereocenters. The molecule has 0 radical (unpaired) electrons. The molecule has 5 aliphatic carbocycles. The first kappa shape index (κ1) is 12.7. The molecule has 0 amide bonds. The lowest BCUT2D eigenvalue weighted by Gasteiger charge is -2.58. The predicted octanol–water partition coefficient (Wildman–Crippen LogP) is 4.36. The zero-order valence-electron chi connectivity index (χ0n) is 12.4. The fourth-order valence-corrected chi connectivity index (χ4v) is 6.97. The lowest BCUT2D eigenvalue weighted by molar-refractivity contribution is -0.0684. The van der Waals surface area contributed by atoms with Crippen molar-refractivity contribution < 1.29 is 0 Å². The Morgan fingerprint density at radius 1 is 0.895 bits per heavy atom. The molecule has 0 aromatic rings. The van der Waals surface area contributed by atoms with Crippen LogP contribution in [-0.2, 0) is 0 Å². The fourth-order valence-electron chi connectivity index (χ4n) is 6.97. The summed E-state index contributed by atoms with van der Waals surface area (Å²) >= 11 is 0. The van der Waals surface area contributed by atoms with Crippen LogP contribution in [0, 0.1) is 35.0 Å². The lowest BCUT2D eigenvalue weighted by Crippen LogP contribution is -2.47. The molecule has 5 aliphatic rings. The molecule has 4 bridgehead atoms. The average Bonchev–Trinajstić information content (AvgIpc) is 2.88. The van der Waals surface area contributed by atoms with E-state index in [2.05, 4.69) is 0 Å². The van der Waals surface area contributed by atoms with Crippen molar-refractivity contribution in [2.24, 2.45) is 40.7 Å². The minimum absolute atomic E-state index is 0.751. The zero-order valence-corrected chi connectivity index (χ0v) is 12.4. The Bertz CT molecular complexity index is 293. The van der Waals surface area contributed by atoms with Crippen molar-refractivity contribution >= 4 is 0 Å². The van der Waals surface area contributed by atoms with Crippen LogP contribution >= 0.6 is 0 Å². The maximum atomic E-state index is 6.18. The highest BCUT2D eigenvalue weighted by molar-refractivity contribution is 5.02. The van der Waals surface area contributed by atoms with Gasteiger partial charge in [0.05, 0.1) is 0 Å². The Morgan fingerprint density at radius 3 is 1.89 bits per heavy atom. The lowest BCUT2D eigenvalue weighted by atomic mass is 9.48. The molecule has 5 saturated carbocycles. The number of hydrogen-bond acceptors (Lipinski definition) is 1. The highest BCUT2D eigenvalue weighted by Crippen LogP contribution is 2.62. The summed E-state index contributed by atoms with van der Waals surface area (Å²) in [6, 6.07) is 0. The van der Waals surface area contributed by atoms with Crippen LogP contribution in [0.2, 0.25) is 0 Å². The Labute approximate surface area is 118 Å². The summed E-state index contributed by atoms with van der Waals surface area (Å²) in [7, 11) is 0. The zero-order chi connectivity index (χ0) is 12.9. The van der Waals surface area contributed by atoms with E-state index in [1.165, 1.54) is 32.1 Å². The van der Waals surface area contributed by atoms with E-state index in [9.17, 15) is 0 Å². The molecule has 0 saturated heterocycles. The maximum Gasteiger partial charge on any atom is -0.00460 e. The van der Waals surface area contributed by atoms with Gasteiger partial charge in [-0.25, -0.2) is 0 Å². The van der Waals surface area contributed by atoms with Gasteiger partial charge in [-0.15, -0.1) is 0 Å². The Morgan fingerprint density at radius 2 is 1.42 bits per heavy atom. The SMILES string of the molecule is NCC(CC12CC3CC(CC(C3)C1)C2)C1CCCC1. The highest BCUT2D eigenvalue weighted by Gasteiger charge is 2.51. The van der Waals surface area contributed by atoms with Gasteiger partial charge in [-0.1, -0.05) is 25.7 Å². The standard InChI is InChI=1S/C18H31N/c19-12-17(16-3-1-2-4-16)11-18-8-13-5-14(9-18)7-15(6-13)10-18/h13-17H,1-12,19H2. The van der Waals surface area contributed by atoms with Crippen LogP contribution in [0.15, 0.2) is 0 Å². The Balaban J connectivity index is 1.48. The molecule has 2 N–H and O–H groups in total. The highest BCUT2D eigenvalue weighted by atomic mass is 14.6. The van der Waals surface area contributed by atoms with E-state index in [0.717, 1.165) is 41.5 Å². The summed E-state index contributed by atoms with van der Waals surface area (Å²) in [5.41, 5.74) is 6.93. The van der Waals surface area contributed by atoms with Gasteiger partial charge in [0.25, 0.3) is 0 Å². The van der Waals surface area contributed by atoms with E-state index in [1.807, 2.05) is 0 Å². The van der Waals surface area contributed by atoms with E-state index in [-0.39, 0.29) is 0 Å². The van der Waals surface area contributed by atoms with E-state index < -0.39 is 0 Å². The van der Waals surface area contributed by atoms with Gasteiger partial charge in [0.1, 0.15) is 0 Å². The molecule has 0 spiro atoms. The molecule has 0 aromatic carbocycles. The summed E-state index contributed by atoms with van der Waals surface area (Å²) in [6.45, 7) is 0.965. The molecule has 19 heavy (non-hydrogen) atoms. The van der Waals surface area contributed by atoms with Gasteiger partial charge in [-0.05, 0) is 86.5 Å². The first-order valence-electron chi connectivity index (χ1n) is 8.96. The molecule has 5 fully saturated rings. The van der Waals surface area contributed by atoms with Gasteiger partial charge >= 0.3 is 0 Å². The molecule has 1 nitrogen and oxygen atoms in total. The van der Waals surface area contributed by atoms with Crippen molar-refractivity contribution in [1.82, 2.24) is 0 Å². The first-order chi connectivity index (χ1) is 9.26. The summed E-state index contributed by atoms with van der Waals surface area (Å²) in [5, 5.41) is 0. The van der Waals surface area contributed by atoms with Crippen LogP contribution in [0.4, 0.5) is 0 Å². The average molecular weight is 261 g/mol. The van der Waals surface area contributed by atoms with Crippen molar-refractivity contribution in [3.05, 3.63) is 0 Å². The van der Waals surface area contributed by atoms with Crippen molar-refractivity contribution in [2.75, 3.05) is 6.54 Å². The third-order valence-corrected chi connectivity index (χ3v) is 7.23. The second kappa shape index (κ2) is 4.76. The van der Waals surface area contributed by atoms with E-state index in [0.29, 0.717) is 0 Å². The minimum Gasteiger partial charge on any atom is -0.330 e. The van der Waals surface area contributed by atoms with Crippen LogP contribution in [0.5, 0.6) is 0 Å². The first-order valence-corrected chi connectivity index (χ1v) is 8.96. The van der Waals surface area contributed by atoms with Crippen LogP contribution in [0.1, 0.15) is 70.6 Å². The van der Waals surface area contributed by atoms with Crippen LogP contribution in [0.25, 0.3) is 0 Å². The predicted molar refractivity (Wildman–Crippen MR) is 79.7 cm³/mol. The molecule has 5 rings (SSSR count). The van der Waals surface area contributed by atoms with Crippen LogP contribution in [0.3, 0.4) is 0 Å². The van der Waals surface area contributed by atoms with Gasteiger partial charge in [-0.2, -0.15) is 0 Å². The fraction of sp³-hybridized carbons (Fsp3) is 1.00. The molecular formula is C18H31N. The second-order valence-electron chi connectivity index (χ2n) is 8.66. The summed E-state index contributed by atoms with van der Waals surface area (Å²) in [5.74, 6) is 5.16. The summed E-state index contributed by atoms with van der Waals surface area (Å²) in [6.07, 6.45) is 16.9. The van der Waals surface area contributed by atoms with Crippen molar-refractivity contribution in [2.45, 2.75) is 70.6 Å². The summed E-state index contributed by atoms with van der Waals surface area (Å²) in [4.78, 5) is 0. The van der Waals surface area contributed by atoms with E-state index >= 15 is 0 Å². The topological polar surface area (TPSA) is 26.0 Å². The van der Waals surface area contributed by atoms with E-state index in [4.69, 9.17) is 5.73 Å². The molecule has 108 valence electrons. The maximum absolute atomic E-state index is 6.18. The van der Waals surface area contributed by atoms with Gasteiger partial charge in [0.2, 0.25) is 0 Å². The normalized spacial score (nSPS) is 46.9. The number of nitrogens with two attached hydrogens (primary N) is 1. The van der Waals surface area contributed by atoms with Gasteiger partial charge < -0.3 is 5.73 Å². The van der Waals surface area contributed by atoms with E-state index in [1.54, 1.807) is 38.5 Å². The Kier molecular flexibility index (Phi) is 3.17. The van der Waals surface area contributed by atoms with Gasteiger partial charge in [0.15, 0.2) is 0 Å². The quantitative estimate of drug-likeness (QED) is 0.799. The van der Waals surface area contributed by atoms with Gasteiger partial charge in [-0.3, -0.25) is 0 Å². The Hall–Kier alpha value is -0.0400. The van der Waals surface area contributed by atoms with Crippen molar-refractivity contribution in [3.63, 3.8) is 0 Å². The molecule has 0 aromatic heterocycles. The number of hydrogen-bond donors (Lipinski definition) is 1. The molecule has 1 atom stereocenters. The monoisotopic (exact) mass is 261 g/mol. The van der Waals surface area contributed by atoms with Crippen LogP contribution < -0.4 is 5.73 Å². The second-order valence-corrected chi connectivity index (χ2v) is 8.66. The molecule has 1 heteroatoms. The molecular weight excluding hydrogens is 230 g/mol. The van der Waals surface area contributed by atoms with Crippen molar-refractivity contribution in [1.29, 1.82) is 0 Å². The summed E-state index contributed by atoms with van der Waals surface area (Å²) < 4.78 is 0. The third-order valence-electron chi connectivity index (χ3n) is 7.23. The largest absolute Gasteiger partial charge is 0.330 e. The van der Waals surface area contributed by atoms with Gasteiger partial charge in [0, 0.05) is 0 Å². The van der Waals surface area contributed by atoms with Crippen molar-refractivity contribution in [3.8, 4) is 0 Å². The van der Waals surface area contributed by atoms with Crippen LogP contribution in [-0.4, -0.2) is 6.54 Å². The molecule has 0 aliphatic heterocycles. The number of rotatable bonds is 4. The smallest absolute Gasteiger partial charge is 0.00460 e. The third kappa shape index (κ3) is 2.26. The minimum atomic E-state index is 0.751. The molecule has 0 heterocycles.